The van der Waals surface area contributed by atoms with Crippen molar-refractivity contribution in [1.82, 2.24) is 4.98 Å². The SMILES string of the molecule is Cc1ccc(-c2ccc(OB(O)O)cn2)cc1. The van der Waals surface area contributed by atoms with E-state index in [1.165, 1.54) is 11.8 Å². The minimum Gasteiger partial charge on any atom is -0.511 e. The predicted octanol–water partition coefficient (Wildman–Crippen LogP) is 1.41. The summed E-state index contributed by atoms with van der Waals surface area (Å²) in [5.41, 5.74) is 3.01. The number of rotatable bonds is 3. The number of hydrogen-bond acceptors (Lipinski definition) is 4. The van der Waals surface area contributed by atoms with Crippen molar-refractivity contribution >= 4 is 7.32 Å². The molecule has 0 aliphatic rings. The van der Waals surface area contributed by atoms with E-state index in [4.69, 9.17) is 10.0 Å². The summed E-state index contributed by atoms with van der Waals surface area (Å²) in [6.07, 6.45) is 1.45. The topological polar surface area (TPSA) is 62.6 Å². The minimum absolute atomic E-state index is 0.316. The van der Waals surface area contributed by atoms with Gasteiger partial charge in [-0.25, -0.2) is 0 Å². The maximum Gasteiger partial charge on any atom is 0.707 e. The molecule has 5 heteroatoms. The molecule has 1 heterocycles. The van der Waals surface area contributed by atoms with E-state index in [2.05, 4.69) is 9.64 Å². The van der Waals surface area contributed by atoms with E-state index in [1.54, 1.807) is 12.1 Å². The predicted molar refractivity (Wildman–Crippen MR) is 65.2 cm³/mol. The molecule has 0 saturated carbocycles. The molecule has 0 aliphatic carbocycles. The Bertz CT molecular complexity index is 482. The molecule has 2 rings (SSSR count). The fraction of sp³-hybridized carbons (Fsp3) is 0.0833. The number of aryl methyl sites for hydroxylation is 1. The summed E-state index contributed by atoms with van der Waals surface area (Å²) >= 11 is 0. The normalized spacial score (nSPS) is 10.1. The Morgan fingerprint density at radius 3 is 2.29 bits per heavy atom. The Morgan fingerprint density at radius 1 is 1.06 bits per heavy atom. The first-order chi connectivity index (χ1) is 8.15. The van der Waals surface area contributed by atoms with Crippen LogP contribution in [0.25, 0.3) is 11.3 Å². The van der Waals surface area contributed by atoms with Crippen molar-refractivity contribution in [3.63, 3.8) is 0 Å². The Hall–Kier alpha value is -1.85. The summed E-state index contributed by atoms with van der Waals surface area (Å²) in [5, 5.41) is 17.3. The molecule has 0 unspecified atom stereocenters. The van der Waals surface area contributed by atoms with E-state index in [0.29, 0.717) is 5.75 Å². The molecule has 2 aromatic rings. The zero-order valence-corrected chi connectivity index (χ0v) is 9.37. The number of pyridine rings is 1. The van der Waals surface area contributed by atoms with Gasteiger partial charge in [0.2, 0.25) is 0 Å². The van der Waals surface area contributed by atoms with Crippen LogP contribution in [0.5, 0.6) is 5.75 Å². The van der Waals surface area contributed by atoms with Gasteiger partial charge in [0, 0.05) is 5.56 Å². The molecule has 0 bridgehead atoms. The van der Waals surface area contributed by atoms with Crippen LogP contribution in [0.4, 0.5) is 0 Å². The molecule has 0 fully saturated rings. The Labute approximate surface area is 99.7 Å². The van der Waals surface area contributed by atoms with Crippen molar-refractivity contribution in [1.29, 1.82) is 0 Å². The highest BCUT2D eigenvalue weighted by molar-refractivity contribution is 6.33. The van der Waals surface area contributed by atoms with Gasteiger partial charge in [-0.2, -0.15) is 0 Å². The Balaban J connectivity index is 2.20. The van der Waals surface area contributed by atoms with E-state index in [9.17, 15) is 0 Å². The average molecular weight is 229 g/mol. The molecule has 0 radical (unpaired) electrons. The highest BCUT2D eigenvalue weighted by Gasteiger charge is 2.11. The van der Waals surface area contributed by atoms with Crippen LogP contribution in [-0.4, -0.2) is 22.4 Å². The quantitative estimate of drug-likeness (QED) is 0.781. The molecule has 1 aromatic carbocycles. The summed E-state index contributed by atoms with van der Waals surface area (Å²) in [7, 11) is -1.82. The van der Waals surface area contributed by atoms with Gasteiger partial charge in [0.15, 0.2) is 0 Å². The van der Waals surface area contributed by atoms with Gasteiger partial charge in [-0.3, -0.25) is 4.98 Å². The van der Waals surface area contributed by atoms with Crippen LogP contribution in [-0.2, 0) is 0 Å². The van der Waals surface area contributed by atoms with Crippen LogP contribution in [0.1, 0.15) is 5.56 Å². The molecule has 0 spiro atoms. The molecule has 17 heavy (non-hydrogen) atoms. The summed E-state index contributed by atoms with van der Waals surface area (Å²) in [4.78, 5) is 4.18. The third kappa shape index (κ3) is 3.06. The van der Waals surface area contributed by atoms with E-state index in [-0.39, 0.29) is 0 Å². The lowest BCUT2D eigenvalue weighted by Gasteiger charge is -2.05. The Kier molecular flexibility index (Phi) is 3.42. The van der Waals surface area contributed by atoms with Crippen LogP contribution >= 0.6 is 0 Å². The number of hydrogen-bond donors (Lipinski definition) is 2. The van der Waals surface area contributed by atoms with Crippen molar-refractivity contribution in [3.8, 4) is 17.0 Å². The van der Waals surface area contributed by atoms with Gasteiger partial charge in [-0.1, -0.05) is 29.8 Å². The second kappa shape index (κ2) is 4.99. The maximum absolute atomic E-state index is 8.63. The lowest BCUT2D eigenvalue weighted by atomic mass is 10.1. The van der Waals surface area contributed by atoms with Crippen LogP contribution in [0.3, 0.4) is 0 Å². The first-order valence-electron chi connectivity index (χ1n) is 5.21. The summed E-state index contributed by atoms with van der Waals surface area (Å²) in [6.45, 7) is 2.02. The van der Waals surface area contributed by atoms with Crippen molar-refractivity contribution in [2.75, 3.05) is 0 Å². The second-order valence-corrected chi connectivity index (χ2v) is 3.69. The number of aromatic nitrogens is 1. The third-order valence-corrected chi connectivity index (χ3v) is 2.33. The molecular formula is C12H12BNO3. The maximum atomic E-state index is 8.63. The molecule has 4 nitrogen and oxygen atoms in total. The van der Waals surface area contributed by atoms with Gasteiger partial charge in [0.05, 0.1) is 11.9 Å². The van der Waals surface area contributed by atoms with Crippen molar-refractivity contribution in [3.05, 3.63) is 48.2 Å². The van der Waals surface area contributed by atoms with Gasteiger partial charge in [-0.05, 0) is 19.1 Å². The second-order valence-electron chi connectivity index (χ2n) is 3.69. The van der Waals surface area contributed by atoms with E-state index in [0.717, 1.165) is 11.3 Å². The highest BCUT2D eigenvalue weighted by atomic mass is 16.6. The average Bonchev–Trinajstić information content (AvgIpc) is 2.30. The molecule has 2 N–H and O–H groups in total. The van der Waals surface area contributed by atoms with Gasteiger partial charge in [0.25, 0.3) is 0 Å². The zero-order valence-electron chi connectivity index (χ0n) is 9.37. The van der Waals surface area contributed by atoms with Crippen LogP contribution < -0.4 is 4.65 Å². The molecule has 0 atom stereocenters. The third-order valence-electron chi connectivity index (χ3n) is 2.33. The summed E-state index contributed by atoms with van der Waals surface area (Å²) in [5.74, 6) is 0.316. The number of nitrogens with zero attached hydrogens (tertiary/aromatic N) is 1. The summed E-state index contributed by atoms with van der Waals surface area (Å²) < 4.78 is 4.67. The fourth-order valence-corrected chi connectivity index (χ4v) is 1.47. The van der Waals surface area contributed by atoms with Gasteiger partial charge < -0.3 is 14.7 Å². The van der Waals surface area contributed by atoms with Crippen LogP contribution in [0.15, 0.2) is 42.6 Å². The lowest BCUT2D eigenvalue weighted by molar-refractivity contribution is 0.287. The van der Waals surface area contributed by atoms with Crippen molar-refractivity contribution in [2.24, 2.45) is 0 Å². The van der Waals surface area contributed by atoms with Gasteiger partial charge in [-0.15, -0.1) is 0 Å². The van der Waals surface area contributed by atoms with Crippen LogP contribution in [0.2, 0.25) is 0 Å². The monoisotopic (exact) mass is 229 g/mol. The van der Waals surface area contributed by atoms with E-state index >= 15 is 0 Å². The number of benzene rings is 1. The molecule has 0 aliphatic heterocycles. The van der Waals surface area contributed by atoms with Crippen molar-refractivity contribution in [2.45, 2.75) is 6.92 Å². The summed E-state index contributed by atoms with van der Waals surface area (Å²) in [6, 6.07) is 11.4. The van der Waals surface area contributed by atoms with Gasteiger partial charge in [0.1, 0.15) is 5.75 Å². The minimum atomic E-state index is -1.82. The smallest absolute Gasteiger partial charge is 0.511 e. The molecule has 0 saturated heterocycles. The Morgan fingerprint density at radius 2 is 1.76 bits per heavy atom. The van der Waals surface area contributed by atoms with E-state index < -0.39 is 7.32 Å². The fourth-order valence-electron chi connectivity index (χ4n) is 1.47. The first kappa shape index (κ1) is 11.6. The molecular weight excluding hydrogens is 217 g/mol. The lowest BCUT2D eigenvalue weighted by Crippen LogP contribution is -2.20. The van der Waals surface area contributed by atoms with Crippen molar-refractivity contribution < 1.29 is 14.7 Å². The zero-order chi connectivity index (χ0) is 12.3. The van der Waals surface area contributed by atoms with E-state index in [1.807, 2.05) is 31.2 Å². The largest absolute Gasteiger partial charge is 0.707 e. The standard InChI is InChI=1S/C12H12BNO3/c1-9-2-4-10(5-3-9)12-7-6-11(8-14-12)17-13(15)16/h2-8,15-16H,1H3. The van der Waals surface area contributed by atoms with Gasteiger partial charge >= 0.3 is 7.32 Å². The van der Waals surface area contributed by atoms with Crippen LogP contribution in [0, 0.1) is 6.92 Å². The highest BCUT2D eigenvalue weighted by Crippen LogP contribution is 2.19. The molecule has 0 amide bonds. The molecule has 86 valence electrons. The first-order valence-corrected chi connectivity index (χ1v) is 5.21. The molecule has 1 aromatic heterocycles.